The maximum atomic E-state index is 12.4. The molecule has 3 aromatic heterocycles. The Morgan fingerprint density at radius 1 is 1.08 bits per heavy atom. The van der Waals surface area contributed by atoms with E-state index in [0.29, 0.717) is 22.8 Å². The Morgan fingerprint density at radius 2 is 1.92 bits per heavy atom. The molecule has 0 aliphatic heterocycles. The molecule has 26 heavy (non-hydrogen) atoms. The molecule has 0 bridgehead atoms. The summed E-state index contributed by atoms with van der Waals surface area (Å²) in [6.45, 7) is 0.237. The lowest BCUT2D eigenvalue weighted by Crippen LogP contribution is -2.24. The van der Waals surface area contributed by atoms with Crippen molar-refractivity contribution in [2.75, 3.05) is 0 Å². The van der Waals surface area contributed by atoms with Crippen molar-refractivity contribution in [3.63, 3.8) is 0 Å². The second-order valence-corrected chi connectivity index (χ2v) is 6.27. The number of carbonyl (C=O) groups is 1. The molecule has 1 amide bonds. The van der Waals surface area contributed by atoms with Crippen LogP contribution in [-0.2, 0) is 6.54 Å². The lowest BCUT2D eigenvalue weighted by atomic mass is 10.2. The highest BCUT2D eigenvalue weighted by atomic mass is 32.1. The predicted octanol–water partition coefficient (Wildman–Crippen LogP) is 3.79. The summed E-state index contributed by atoms with van der Waals surface area (Å²) in [6.07, 6.45) is 4.76. The number of furan rings is 1. The van der Waals surface area contributed by atoms with E-state index in [2.05, 4.69) is 20.3 Å². The van der Waals surface area contributed by atoms with Crippen LogP contribution in [0.2, 0.25) is 0 Å². The fraction of sp³-hybridized carbons (Fsp3) is 0.0526. The molecule has 0 saturated heterocycles. The molecule has 0 spiro atoms. The van der Waals surface area contributed by atoms with Gasteiger partial charge in [-0.2, -0.15) is 0 Å². The molecular formula is C19H14N4O2S. The van der Waals surface area contributed by atoms with Crippen LogP contribution in [0.5, 0.6) is 0 Å². The van der Waals surface area contributed by atoms with E-state index < -0.39 is 0 Å². The molecule has 3 heterocycles. The number of thiazole rings is 1. The van der Waals surface area contributed by atoms with Crippen LogP contribution >= 0.6 is 11.3 Å². The van der Waals surface area contributed by atoms with Gasteiger partial charge in [0, 0.05) is 23.3 Å². The number of carbonyl (C=O) groups excluding carboxylic acids is 1. The number of nitrogens with zero attached hydrogens (tertiary/aromatic N) is 3. The maximum absolute atomic E-state index is 12.4. The van der Waals surface area contributed by atoms with Crippen molar-refractivity contribution >= 4 is 17.2 Å². The smallest absolute Gasteiger partial charge is 0.271 e. The van der Waals surface area contributed by atoms with Gasteiger partial charge in [-0.3, -0.25) is 9.78 Å². The molecule has 7 heteroatoms. The Labute approximate surface area is 153 Å². The van der Waals surface area contributed by atoms with Crippen LogP contribution < -0.4 is 5.32 Å². The van der Waals surface area contributed by atoms with E-state index in [1.165, 1.54) is 11.3 Å². The van der Waals surface area contributed by atoms with Crippen LogP contribution in [0, 0.1) is 0 Å². The first-order valence-corrected chi connectivity index (χ1v) is 8.82. The van der Waals surface area contributed by atoms with Crippen molar-refractivity contribution in [2.45, 2.75) is 6.54 Å². The zero-order valence-corrected chi connectivity index (χ0v) is 14.4. The lowest BCUT2D eigenvalue weighted by molar-refractivity contribution is 0.0946. The monoisotopic (exact) mass is 362 g/mol. The van der Waals surface area contributed by atoms with E-state index in [1.807, 2.05) is 36.4 Å². The molecule has 0 fully saturated rings. The molecule has 1 N–H and O–H groups in total. The van der Waals surface area contributed by atoms with E-state index >= 15 is 0 Å². The van der Waals surface area contributed by atoms with Crippen molar-refractivity contribution in [1.29, 1.82) is 0 Å². The zero-order valence-electron chi connectivity index (χ0n) is 13.6. The van der Waals surface area contributed by atoms with Crippen molar-refractivity contribution in [3.8, 4) is 22.0 Å². The molecule has 6 nitrogen and oxygen atoms in total. The minimum absolute atomic E-state index is 0.237. The van der Waals surface area contributed by atoms with Gasteiger partial charge in [0.15, 0.2) is 5.76 Å². The first-order chi connectivity index (χ1) is 12.8. The van der Waals surface area contributed by atoms with E-state index in [-0.39, 0.29) is 12.5 Å². The van der Waals surface area contributed by atoms with Crippen LogP contribution in [-0.4, -0.2) is 20.9 Å². The maximum Gasteiger partial charge on any atom is 0.271 e. The van der Waals surface area contributed by atoms with Crippen LogP contribution in [0.25, 0.3) is 22.0 Å². The topological polar surface area (TPSA) is 80.9 Å². The number of hydrogen-bond acceptors (Lipinski definition) is 6. The summed E-state index contributed by atoms with van der Waals surface area (Å²) in [5, 5.41) is 5.41. The molecule has 0 saturated carbocycles. The van der Waals surface area contributed by atoms with Crippen LogP contribution in [0.4, 0.5) is 0 Å². The average molecular weight is 362 g/mol. The van der Waals surface area contributed by atoms with E-state index in [4.69, 9.17) is 4.42 Å². The zero-order chi connectivity index (χ0) is 17.8. The van der Waals surface area contributed by atoms with Gasteiger partial charge >= 0.3 is 0 Å². The quantitative estimate of drug-likeness (QED) is 0.584. The number of nitrogens with one attached hydrogen (secondary N) is 1. The summed E-state index contributed by atoms with van der Waals surface area (Å²) in [5.74, 6) is 0.363. The van der Waals surface area contributed by atoms with Crippen LogP contribution in [0.1, 0.15) is 16.2 Å². The van der Waals surface area contributed by atoms with Gasteiger partial charge in [-0.1, -0.05) is 30.3 Å². The van der Waals surface area contributed by atoms with Crippen LogP contribution in [0.3, 0.4) is 0 Å². The number of aromatic nitrogens is 3. The second kappa shape index (κ2) is 7.28. The Kier molecular flexibility index (Phi) is 4.53. The molecule has 0 atom stereocenters. The molecule has 128 valence electrons. The van der Waals surface area contributed by atoms with Gasteiger partial charge in [0.1, 0.15) is 16.4 Å². The standard InChI is InChI=1S/C19H14N4O2S/c24-18(15-12-26-19(23-15)13-5-2-1-3-6-13)22-11-14-17(21-9-8-20-14)16-7-4-10-25-16/h1-10,12H,11H2,(H,22,24). The lowest BCUT2D eigenvalue weighted by Gasteiger charge is -2.06. The van der Waals surface area contributed by atoms with Gasteiger partial charge in [-0.15, -0.1) is 11.3 Å². The highest BCUT2D eigenvalue weighted by molar-refractivity contribution is 7.13. The molecule has 1 aromatic carbocycles. The predicted molar refractivity (Wildman–Crippen MR) is 98.5 cm³/mol. The minimum atomic E-state index is -0.250. The van der Waals surface area contributed by atoms with Crippen molar-refractivity contribution in [1.82, 2.24) is 20.3 Å². The largest absolute Gasteiger partial charge is 0.463 e. The van der Waals surface area contributed by atoms with E-state index in [9.17, 15) is 4.79 Å². The van der Waals surface area contributed by atoms with Gasteiger partial charge in [-0.05, 0) is 12.1 Å². The van der Waals surface area contributed by atoms with Gasteiger partial charge in [0.25, 0.3) is 5.91 Å². The fourth-order valence-corrected chi connectivity index (χ4v) is 3.27. The van der Waals surface area contributed by atoms with Crippen LogP contribution in [0.15, 0.2) is 70.9 Å². The number of benzene rings is 1. The van der Waals surface area contributed by atoms with E-state index in [0.717, 1.165) is 10.6 Å². The average Bonchev–Trinajstić information content (AvgIpc) is 3.39. The Balaban J connectivity index is 1.48. The molecule has 0 radical (unpaired) electrons. The highest BCUT2D eigenvalue weighted by Crippen LogP contribution is 2.23. The third-order valence-electron chi connectivity index (χ3n) is 3.70. The summed E-state index contributed by atoms with van der Waals surface area (Å²) in [7, 11) is 0. The molecule has 0 unspecified atom stereocenters. The Bertz CT molecular complexity index is 1010. The summed E-state index contributed by atoms with van der Waals surface area (Å²) in [5.41, 5.74) is 2.62. The third-order valence-corrected chi connectivity index (χ3v) is 4.59. The molecule has 4 rings (SSSR count). The number of hydrogen-bond donors (Lipinski definition) is 1. The first-order valence-electron chi connectivity index (χ1n) is 7.94. The summed E-state index contributed by atoms with van der Waals surface area (Å²) < 4.78 is 5.38. The number of rotatable bonds is 5. The second-order valence-electron chi connectivity index (χ2n) is 5.42. The van der Waals surface area contributed by atoms with Gasteiger partial charge < -0.3 is 9.73 Å². The summed E-state index contributed by atoms with van der Waals surface area (Å²) in [4.78, 5) is 25.4. The summed E-state index contributed by atoms with van der Waals surface area (Å²) >= 11 is 1.44. The van der Waals surface area contributed by atoms with E-state index in [1.54, 1.807) is 30.1 Å². The van der Waals surface area contributed by atoms with Crippen molar-refractivity contribution in [2.24, 2.45) is 0 Å². The number of amides is 1. The van der Waals surface area contributed by atoms with Crippen molar-refractivity contribution < 1.29 is 9.21 Å². The van der Waals surface area contributed by atoms with Gasteiger partial charge in [0.2, 0.25) is 0 Å². The normalized spacial score (nSPS) is 10.6. The molecule has 0 aliphatic carbocycles. The molecule has 4 aromatic rings. The van der Waals surface area contributed by atoms with Gasteiger partial charge in [-0.25, -0.2) is 9.97 Å². The Morgan fingerprint density at radius 3 is 2.73 bits per heavy atom. The molecule has 0 aliphatic rings. The third kappa shape index (κ3) is 3.38. The minimum Gasteiger partial charge on any atom is -0.463 e. The SMILES string of the molecule is O=C(NCc1nccnc1-c1ccco1)c1csc(-c2ccccc2)n1. The Hall–Kier alpha value is -3.32. The fourth-order valence-electron chi connectivity index (χ4n) is 2.46. The van der Waals surface area contributed by atoms with Crippen molar-refractivity contribution in [3.05, 3.63) is 77.9 Å². The first kappa shape index (κ1) is 16.2. The van der Waals surface area contributed by atoms with Gasteiger partial charge in [0.05, 0.1) is 18.5 Å². The highest BCUT2D eigenvalue weighted by Gasteiger charge is 2.14. The summed E-state index contributed by atoms with van der Waals surface area (Å²) in [6, 6.07) is 13.4. The molecular weight excluding hydrogens is 348 g/mol.